The van der Waals surface area contributed by atoms with E-state index in [1.165, 1.54) is 10.5 Å². The molecule has 0 amide bonds. The first-order valence-corrected chi connectivity index (χ1v) is 10.8. The van der Waals surface area contributed by atoms with Gasteiger partial charge in [0.05, 0.1) is 26.7 Å². The van der Waals surface area contributed by atoms with Crippen LogP contribution in [0.3, 0.4) is 0 Å². The van der Waals surface area contributed by atoms with Crippen molar-refractivity contribution in [2.75, 3.05) is 46.4 Å². The zero-order chi connectivity index (χ0) is 21.6. The maximum atomic E-state index is 8.99. The number of nitrogens with one attached hydrogen (secondary N) is 1. The number of anilines is 1. The SMILES string of the molecule is COC1(c2cccc(Sc3ccc(N(C)C(NC#N)=[N+](C)C)cc3)c2)CCOCC1. The van der Waals surface area contributed by atoms with Crippen LogP contribution < -0.4 is 10.2 Å². The Morgan fingerprint density at radius 1 is 1.17 bits per heavy atom. The van der Waals surface area contributed by atoms with Crippen molar-refractivity contribution in [2.45, 2.75) is 28.2 Å². The maximum Gasteiger partial charge on any atom is 0.366 e. The summed E-state index contributed by atoms with van der Waals surface area (Å²) in [5.74, 6) is 0.715. The van der Waals surface area contributed by atoms with Gasteiger partial charge in [0, 0.05) is 43.0 Å². The summed E-state index contributed by atoms with van der Waals surface area (Å²) in [5.41, 5.74) is 1.95. The molecule has 0 radical (unpaired) electrons. The molecule has 2 aromatic carbocycles. The van der Waals surface area contributed by atoms with Gasteiger partial charge in [-0.05, 0) is 42.0 Å². The van der Waals surface area contributed by atoms with Gasteiger partial charge in [-0.2, -0.15) is 10.6 Å². The lowest BCUT2D eigenvalue weighted by Crippen LogP contribution is -2.42. The van der Waals surface area contributed by atoms with Gasteiger partial charge in [-0.15, -0.1) is 0 Å². The fraction of sp³-hybridized carbons (Fsp3) is 0.391. The Hall–Kier alpha value is -2.53. The van der Waals surface area contributed by atoms with Gasteiger partial charge in [0.2, 0.25) is 0 Å². The van der Waals surface area contributed by atoms with Gasteiger partial charge in [-0.3, -0.25) is 4.58 Å². The van der Waals surface area contributed by atoms with Gasteiger partial charge >= 0.3 is 5.96 Å². The molecule has 2 aromatic rings. The molecule has 30 heavy (non-hydrogen) atoms. The third-order valence-corrected chi connectivity index (χ3v) is 6.42. The van der Waals surface area contributed by atoms with Gasteiger partial charge in [-0.25, -0.2) is 4.90 Å². The monoisotopic (exact) mass is 425 g/mol. The molecule has 1 aliphatic rings. The highest BCUT2D eigenvalue weighted by Gasteiger charge is 2.34. The molecular weight excluding hydrogens is 396 g/mol. The molecule has 1 heterocycles. The van der Waals surface area contributed by atoms with Crippen LogP contribution in [-0.2, 0) is 15.1 Å². The minimum atomic E-state index is -0.256. The second-order valence-corrected chi connectivity index (χ2v) is 8.60. The van der Waals surface area contributed by atoms with Crippen molar-refractivity contribution in [3.8, 4) is 6.19 Å². The Morgan fingerprint density at radius 2 is 1.87 bits per heavy atom. The van der Waals surface area contributed by atoms with Crippen molar-refractivity contribution < 1.29 is 14.0 Å². The third kappa shape index (κ3) is 4.96. The highest BCUT2D eigenvalue weighted by atomic mass is 32.2. The van der Waals surface area contributed by atoms with E-state index >= 15 is 0 Å². The van der Waals surface area contributed by atoms with E-state index in [0.29, 0.717) is 5.96 Å². The van der Waals surface area contributed by atoms with Crippen molar-refractivity contribution >= 4 is 23.4 Å². The fourth-order valence-corrected chi connectivity index (χ4v) is 4.57. The summed E-state index contributed by atoms with van der Waals surface area (Å²) >= 11 is 1.73. The van der Waals surface area contributed by atoms with Crippen LogP contribution in [0.2, 0.25) is 0 Å². The minimum Gasteiger partial charge on any atom is -0.381 e. The number of methoxy groups -OCH3 is 1. The van der Waals surface area contributed by atoms with E-state index in [2.05, 4.69) is 53.8 Å². The van der Waals surface area contributed by atoms with Crippen LogP contribution in [-0.4, -0.2) is 52.0 Å². The van der Waals surface area contributed by atoms with E-state index in [9.17, 15) is 0 Å². The van der Waals surface area contributed by atoms with Crippen LogP contribution in [0.1, 0.15) is 18.4 Å². The standard InChI is InChI=1S/C23H28N4O2S/c1-26(2)22(25-17-24)27(3)19-8-10-20(11-9-19)30-21-7-5-6-18(16-21)23(28-4)12-14-29-15-13-23/h5-11,16H,12-15H2,1-4H3/p+1. The minimum absolute atomic E-state index is 0.256. The Kier molecular flexibility index (Phi) is 7.38. The molecule has 1 fully saturated rings. The van der Waals surface area contributed by atoms with Gasteiger partial charge < -0.3 is 9.47 Å². The number of ether oxygens (including phenoxy) is 2. The Balaban J connectivity index is 1.76. The van der Waals surface area contributed by atoms with Crippen LogP contribution in [0, 0.1) is 11.5 Å². The Bertz CT molecular complexity index is 927. The van der Waals surface area contributed by atoms with Crippen LogP contribution in [0.25, 0.3) is 0 Å². The molecule has 1 saturated heterocycles. The molecule has 0 aromatic heterocycles. The molecule has 6 nitrogen and oxygen atoms in total. The average molecular weight is 426 g/mol. The molecule has 0 saturated carbocycles. The molecular formula is C23H29N4O2S+. The van der Waals surface area contributed by atoms with Crippen LogP contribution in [0.15, 0.2) is 58.3 Å². The van der Waals surface area contributed by atoms with Gasteiger partial charge in [0.1, 0.15) is 5.69 Å². The molecule has 0 bridgehead atoms. The van der Waals surface area contributed by atoms with Gasteiger partial charge in [0.15, 0.2) is 0 Å². The molecule has 1 N–H and O–H groups in total. The molecule has 0 aliphatic carbocycles. The molecule has 158 valence electrons. The van der Waals surface area contributed by atoms with Crippen molar-refractivity contribution in [1.29, 1.82) is 5.26 Å². The van der Waals surface area contributed by atoms with E-state index < -0.39 is 0 Å². The topological polar surface area (TPSA) is 60.5 Å². The smallest absolute Gasteiger partial charge is 0.366 e. The second kappa shape index (κ2) is 9.98. The van der Waals surface area contributed by atoms with Crippen LogP contribution >= 0.6 is 11.8 Å². The van der Waals surface area contributed by atoms with Crippen molar-refractivity contribution in [3.05, 3.63) is 54.1 Å². The lowest BCUT2D eigenvalue weighted by Gasteiger charge is -2.36. The van der Waals surface area contributed by atoms with Gasteiger partial charge in [-0.1, -0.05) is 23.9 Å². The van der Waals surface area contributed by atoms with E-state index in [1.807, 2.05) is 36.8 Å². The first-order valence-electron chi connectivity index (χ1n) is 9.93. The van der Waals surface area contributed by atoms with E-state index in [4.69, 9.17) is 14.7 Å². The maximum absolute atomic E-state index is 8.99. The predicted molar refractivity (Wildman–Crippen MR) is 120 cm³/mol. The molecule has 7 heteroatoms. The van der Waals surface area contributed by atoms with Gasteiger partial charge in [0.25, 0.3) is 6.19 Å². The summed E-state index contributed by atoms with van der Waals surface area (Å²) in [5, 5.41) is 11.7. The van der Waals surface area contributed by atoms with Crippen LogP contribution in [0.5, 0.6) is 0 Å². The number of hydrogen-bond acceptors (Lipinski definition) is 4. The summed E-state index contributed by atoms with van der Waals surface area (Å²) in [6.45, 7) is 1.46. The fourth-order valence-electron chi connectivity index (χ4n) is 3.70. The van der Waals surface area contributed by atoms with Crippen LogP contribution in [0.4, 0.5) is 5.69 Å². The number of hydrogen-bond donors (Lipinski definition) is 1. The molecule has 0 atom stereocenters. The average Bonchev–Trinajstić information content (AvgIpc) is 2.78. The second-order valence-electron chi connectivity index (χ2n) is 7.45. The van der Waals surface area contributed by atoms with E-state index in [0.717, 1.165) is 36.6 Å². The molecule has 0 spiro atoms. The molecule has 1 aliphatic heterocycles. The number of guanidine groups is 1. The van der Waals surface area contributed by atoms with E-state index in [1.54, 1.807) is 18.9 Å². The summed E-state index contributed by atoms with van der Waals surface area (Å²) in [7, 11) is 7.53. The first-order chi connectivity index (χ1) is 14.5. The van der Waals surface area contributed by atoms with E-state index in [-0.39, 0.29) is 5.60 Å². The highest BCUT2D eigenvalue weighted by molar-refractivity contribution is 7.99. The highest BCUT2D eigenvalue weighted by Crippen LogP contribution is 2.38. The number of rotatable bonds is 5. The summed E-state index contributed by atoms with van der Waals surface area (Å²) in [4.78, 5) is 4.29. The lowest BCUT2D eigenvalue weighted by atomic mass is 9.86. The van der Waals surface area contributed by atoms with Crippen molar-refractivity contribution in [3.63, 3.8) is 0 Å². The summed E-state index contributed by atoms with van der Waals surface area (Å²) in [6, 6.07) is 16.9. The van der Waals surface area contributed by atoms with Crippen molar-refractivity contribution in [2.24, 2.45) is 0 Å². The third-order valence-electron chi connectivity index (χ3n) is 5.42. The molecule has 0 unspecified atom stereocenters. The number of benzene rings is 2. The zero-order valence-electron chi connectivity index (χ0n) is 18.0. The molecule has 3 rings (SSSR count). The summed E-state index contributed by atoms with van der Waals surface area (Å²) in [6.07, 6.45) is 3.74. The zero-order valence-corrected chi connectivity index (χ0v) is 18.8. The summed E-state index contributed by atoms with van der Waals surface area (Å²) < 4.78 is 13.4. The Morgan fingerprint density at radius 3 is 2.47 bits per heavy atom. The predicted octanol–water partition coefficient (Wildman–Crippen LogP) is 3.62. The number of nitriles is 1. The largest absolute Gasteiger partial charge is 0.381 e. The Labute approximate surface area is 183 Å². The quantitative estimate of drug-likeness (QED) is 0.260. The first kappa shape index (κ1) is 22.2. The lowest BCUT2D eigenvalue weighted by molar-refractivity contribution is -0.467. The number of nitrogens with zero attached hydrogens (tertiary/aromatic N) is 3. The van der Waals surface area contributed by atoms with Crippen molar-refractivity contribution in [1.82, 2.24) is 5.32 Å². The normalized spacial score (nSPS) is 15.2.